The number of rotatable bonds is 10. The summed E-state index contributed by atoms with van der Waals surface area (Å²) in [5.74, 6) is 0.373. The molecule has 0 radical (unpaired) electrons. The van der Waals surface area contributed by atoms with Crippen molar-refractivity contribution in [1.82, 2.24) is 0 Å². The summed E-state index contributed by atoms with van der Waals surface area (Å²) in [7, 11) is 0. The summed E-state index contributed by atoms with van der Waals surface area (Å²) in [5.41, 5.74) is 11.1. The molecular weight excluding hydrogens is 412 g/mol. The Kier molecular flexibility index (Phi) is 11.7. The monoisotopic (exact) mass is 438 g/mol. The molecule has 2 aliphatic rings. The highest BCUT2D eigenvalue weighted by Crippen LogP contribution is 2.25. The highest BCUT2D eigenvalue weighted by atomic mass is 32.2. The van der Waals surface area contributed by atoms with Crippen molar-refractivity contribution in [1.29, 1.82) is 0 Å². The van der Waals surface area contributed by atoms with Gasteiger partial charge in [-0.2, -0.15) is 23.5 Å². The van der Waals surface area contributed by atoms with Crippen LogP contribution in [-0.4, -0.2) is 79.6 Å². The van der Waals surface area contributed by atoms with E-state index in [1.54, 1.807) is 0 Å². The number of nitrogens with two attached hydrogens (primary N) is 2. The molecule has 28 heavy (non-hydrogen) atoms. The quantitative estimate of drug-likeness (QED) is 0.207. The van der Waals surface area contributed by atoms with Gasteiger partial charge < -0.3 is 21.7 Å². The van der Waals surface area contributed by atoms with Gasteiger partial charge in [-0.25, -0.2) is 9.78 Å². The van der Waals surface area contributed by atoms with Crippen molar-refractivity contribution in [2.45, 2.75) is 35.4 Å². The Balaban J connectivity index is 0.000000280. The lowest BCUT2D eigenvalue weighted by Crippen LogP contribution is -2.29. The first kappa shape index (κ1) is 24.9. The highest BCUT2D eigenvalue weighted by molar-refractivity contribution is 8.00. The van der Waals surface area contributed by atoms with E-state index in [-0.39, 0.29) is 58.9 Å². The molecule has 0 spiro atoms. The van der Waals surface area contributed by atoms with E-state index in [0.717, 1.165) is 0 Å². The smallest absolute Gasteiger partial charge is 0.198 e. The fraction of sp³-hybridized carbons (Fsp3) is 0.625. The van der Waals surface area contributed by atoms with Crippen LogP contribution in [0.4, 0.5) is 0 Å². The van der Waals surface area contributed by atoms with Crippen molar-refractivity contribution in [2.75, 3.05) is 24.7 Å². The van der Waals surface area contributed by atoms with Crippen molar-refractivity contribution < 1.29 is 40.1 Å². The summed E-state index contributed by atoms with van der Waals surface area (Å²) in [6.45, 7) is 0.146. The molecule has 8 N–H and O–H groups in total. The van der Waals surface area contributed by atoms with E-state index in [4.69, 9.17) is 32.2 Å². The molecule has 0 amide bonds. The van der Waals surface area contributed by atoms with E-state index in [1.165, 1.54) is 35.7 Å². The fourth-order valence-electron chi connectivity index (χ4n) is 2.23. The number of ketones is 2. The first-order chi connectivity index (χ1) is 13.3. The van der Waals surface area contributed by atoms with Gasteiger partial charge in [0.2, 0.25) is 0 Å². The summed E-state index contributed by atoms with van der Waals surface area (Å²) in [4.78, 5) is 29.6. The van der Waals surface area contributed by atoms with Crippen molar-refractivity contribution in [2.24, 2.45) is 11.5 Å². The predicted octanol–water partition coefficient (Wildman–Crippen LogP) is 0.640. The van der Waals surface area contributed by atoms with E-state index in [0.29, 0.717) is 24.3 Å². The molecule has 0 fully saturated rings. The molecule has 0 heterocycles. The van der Waals surface area contributed by atoms with E-state index >= 15 is 0 Å². The van der Waals surface area contributed by atoms with Crippen LogP contribution < -0.4 is 11.5 Å². The number of carbonyl (C=O) groups is 2. The molecular formula is C16H26N2O8S2. The Morgan fingerprint density at radius 3 is 1.50 bits per heavy atom. The van der Waals surface area contributed by atoms with E-state index in [2.05, 4.69) is 9.78 Å². The number of aliphatic hydroxyl groups is 2. The number of allylic oxidation sites excluding steroid dienone is 2. The zero-order valence-electron chi connectivity index (χ0n) is 15.1. The fourth-order valence-corrected chi connectivity index (χ4v) is 4.40. The van der Waals surface area contributed by atoms with Crippen LogP contribution >= 0.6 is 23.5 Å². The lowest BCUT2D eigenvalue weighted by molar-refractivity contribution is -0.244. The third-order valence-electron chi connectivity index (χ3n) is 3.66. The molecule has 0 aromatic carbocycles. The van der Waals surface area contributed by atoms with Crippen LogP contribution in [0, 0.1) is 0 Å². The van der Waals surface area contributed by atoms with Gasteiger partial charge in [-0.15, -0.1) is 0 Å². The molecule has 160 valence electrons. The third kappa shape index (κ3) is 9.39. The molecule has 10 nitrogen and oxygen atoms in total. The number of Topliss-reactive ketones (excluding diaryl/α,β-unsaturated/α-hetero) is 2. The van der Waals surface area contributed by atoms with Crippen molar-refractivity contribution in [3.05, 3.63) is 23.7 Å². The van der Waals surface area contributed by atoms with Crippen LogP contribution in [0.2, 0.25) is 0 Å². The molecule has 2 unspecified atom stereocenters. The molecule has 2 aliphatic carbocycles. The topological polar surface area (TPSA) is 186 Å². The highest BCUT2D eigenvalue weighted by Gasteiger charge is 2.25. The summed E-state index contributed by atoms with van der Waals surface area (Å²) >= 11 is 2.93. The molecule has 12 heteroatoms. The minimum Gasteiger partial charge on any atom is -0.505 e. The maximum Gasteiger partial charge on any atom is 0.198 e. The van der Waals surface area contributed by atoms with Crippen LogP contribution in [0.3, 0.4) is 0 Å². The average molecular weight is 439 g/mol. The summed E-state index contributed by atoms with van der Waals surface area (Å²) in [5, 5.41) is 34.3. The SMILES string of the molecule is N[C@H](COO)CSC1C=C(O)C(=O)C1.N[C@H](COO)CSC1C=C(O)C(=O)C1. The third-order valence-corrected chi connectivity index (χ3v) is 6.36. The van der Waals surface area contributed by atoms with Gasteiger partial charge >= 0.3 is 0 Å². The first-order valence-corrected chi connectivity index (χ1v) is 10.5. The molecule has 0 bridgehead atoms. The lowest BCUT2D eigenvalue weighted by Gasteiger charge is -2.10. The number of aliphatic hydroxyl groups excluding tert-OH is 2. The van der Waals surface area contributed by atoms with Crippen LogP contribution in [0.15, 0.2) is 23.7 Å². The largest absolute Gasteiger partial charge is 0.505 e. The molecule has 0 saturated carbocycles. The average Bonchev–Trinajstić information content (AvgIpc) is 3.13. The molecule has 2 rings (SSSR count). The first-order valence-electron chi connectivity index (χ1n) is 8.41. The maximum absolute atomic E-state index is 10.9. The van der Waals surface area contributed by atoms with E-state index in [1.807, 2.05) is 0 Å². The van der Waals surface area contributed by atoms with E-state index < -0.39 is 0 Å². The molecule has 0 aromatic rings. The standard InChI is InChI=1S/2C8H13NO4S/c2*9-5(3-13-12)4-14-6-1-7(10)8(11)2-6/h2*1,5-6,10,12H,2-4,9H2/t2*5-,6?/m11/s1. The van der Waals surface area contributed by atoms with Crippen molar-refractivity contribution in [3.63, 3.8) is 0 Å². The summed E-state index contributed by atoms with van der Waals surface area (Å²) in [6.07, 6.45) is 3.70. The van der Waals surface area contributed by atoms with Gasteiger partial charge in [-0.05, 0) is 12.2 Å². The maximum atomic E-state index is 10.9. The number of hydrogen-bond acceptors (Lipinski definition) is 12. The Hall–Kier alpha value is -1.12. The van der Waals surface area contributed by atoms with Gasteiger partial charge in [-0.3, -0.25) is 20.1 Å². The zero-order chi connectivity index (χ0) is 21.1. The molecule has 0 saturated heterocycles. The van der Waals surface area contributed by atoms with Crippen LogP contribution in [0.1, 0.15) is 12.8 Å². The van der Waals surface area contributed by atoms with Crippen LogP contribution in [0.25, 0.3) is 0 Å². The van der Waals surface area contributed by atoms with Crippen molar-refractivity contribution in [3.8, 4) is 0 Å². The lowest BCUT2D eigenvalue weighted by atomic mass is 10.3. The van der Waals surface area contributed by atoms with E-state index in [9.17, 15) is 9.59 Å². The summed E-state index contributed by atoms with van der Waals surface area (Å²) in [6, 6.07) is -0.535. The minimum atomic E-state index is -0.267. The van der Waals surface area contributed by atoms with Gasteiger partial charge in [0.15, 0.2) is 23.1 Å². The van der Waals surface area contributed by atoms with Crippen LogP contribution in [0.5, 0.6) is 0 Å². The van der Waals surface area contributed by atoms with Gasteiger partial charge in [0.25, 0.3) is 0 Å². The van der Waals surface area contributed by atoms with Gasteiger partial charge in [-0.1, -0.05) is 0 Å². The Morgan fingerprint density at radius 1 is 0.893 bits per heavy atom. The number of hydrogen-bond donors (Lipinski definition) is 6. The normalized spacial score (nSPS) is 23.7. The second-order valence-corrected chi connectivity index (χ2v) is 8.76. The predicted molar refractivity (Wildman–Crippen MR) is 106 cm³/mol. The Bertz CT molecular complexity index is 537. The van der Waals surface area contributed by atoms with Crippen molar-refractivity contribution >= 4 is 35.1 Å². The minimum absolute atomic E-state index is 0.00718. The second-order valence-electron chi connectivity index (χ2n) is 6.21. The van der Waals surface area contributed by atoms with Gasteiger partial charge in [0.05, 0.1) is 13.2 Å². The Morgan fingerprint density at radius 2 is 1.25 bits per heavy atom. The Labute approximate surface area is 170 Å². The number of carbonyl (C=O) groups excluding carboxylic acids is 2. The molecule has 0 aromatic heterocycles. The van der Waals surface area contributed by atoms with Crippen LogP contribution in [-0.2, 0) is 19.4 Å². The zero-order valence-corrected chi connectivity index (χ0v) is 16.7. The van der Waals surface area contributed by atoms with Gasteiger partial charge in [0.1, 0.15) is 0 Å². The molecule has 0 aliphatic heterocycles. The number of thioether (sulfide) groups is 2. The summed E-state index contributed by atoms with van der Waals surface area (Å²) < 4.78 is 0. The van der Waals surface area contributed by atoms with Gasteiger partial charge in [0, 0.05) is 46.9 Å². The second kappa shape index (κ2) is 13.2. The molecule has 4 atom stereocenters.